The van der Waals surface area contributed by atoms with Crippen molar-refractivity contribution in [2.24, 2.45) is 0 Å². The molecule has 0 spiro atoms. The second kappa shape index (κ2) is 6.29. The summed E-state index contributed by atoms with van der Waals surface area (Å²) in [7, 11) is 1.46. The van der Waals surface area contributed by atoms with E-state index in [0.717, 1.165) is 11.4 Å². The summed E-state index contributed by atoms with van der Waals surface area (Å²) in [4.78, 5) is 20.0. The summed E-state index contributed by atoms with van der Waals surface area (Å²) in [6.45, 7) is 2.45. The summed E-state index contributed by atoms with van der Waals surface area (Å²) in [5.41, 5.74) is -0.0851. The number of nitro groups is 1. The molecule has 0 saturated carbocycles. The summed E-state index contributed by atoms with van der Waals surface area (Å²) in [5, 5.41) is 14.8. The molecule has 0 saturated heterocycles. The molecule has 0 aliphatic heterocycles. The van der Waals surface area contributed by atoms with Crippen molar-refractivity contribution in [3.8, 4) is 5.88 Å². The van der Waals surface area contributed by atoms with Crippen LogP contribution in [0.4, 0.5) is 11.5 Å². The first kappa shape index (κ1) is 14.2. The van der Waals surface area contributed by atoms with E-state index in [4.69, 9.17) is 4.74 Å². The molecule has 8 heteroatoms. The molecule has 0 aliphatic carbocycles. The number of rotatable bonds is 6. The average Bonchev–Trinajstić information content (AvgIpc) is 2.92. The van der Waals surface area contributed by atoms with Crippen LogP contribution in [0.2, 0.25) is 0 Å². The molecule has 106 valence electrons. The van der Waals surface area contributed by atoms with Crippen molar-refractivity contribution in [2.45, 2.75) is 19.9 Å². The number of hydrogen-bond acceptors (Lipinski definition) is 7. The lowest BCUT2D eigenvalue weighted by Crippen LogP contribution is -2.05. The third-order valence-corrected chi connectivity index (χ3v) is 3.75. The topological polar surface area (TPSA) is 90.2 Å². The third-order valence-electron chi connectivity index (χ3n) is 2.61. The number of hydrogen-bond donors (Lipinski definition) is 1. The van der Waals surface area contributed by atoms with E-state index in [-0.39, 0.29) is 11.5 Å². The van der Waals surface area contributed by atoms with Gasteiger partial charge in [-0.3, -0.25) is 10.1 Å². The lowest BCUT2D eigenvalue weighted by atomic mass is 10.4. The van der Waals surface area contributed by atoms with E-state index in [0.29, 0.717) is 12.4 Å². The Labute approximate surface area is 119 Å². The SMILES string of the molecule is CCc1cnc(CNc2nc(OC)ccc2[N+](=O)[O-])s1. The van der Waals surface area contributed by atoms with E-state index < -0.39 is 4.92 Å². The van der Waals surface area contributed by atoms with Crippen LogP contribution >= 0.6 is 11.3 Å². The molecule has 2 aromatic rings. The van der Waals surface area contributed by atoms with Crippen molar-refractivity contribution in [1.82, 2.24) is 9.97 Å². The first-order valence-corrected chi connectivity index (χ1v) is 6.82. The third kappa shape index (κ3) is 3.21. The monoisotopic (exact) mass is 294 g/mol. The normalized spacial score (nSPS) is 10.3. The van der Waals surface area contributed by atoms with Gasteiger partial charge in [-0.05, 0) is 6.42 Å². The maximum absolute atomic E-state index is 11.0. The standard InChI is InChI=1S/C12H14N4O3S/c1-3-8-6-13-11(20-8)7-14-12-9(16(17)18)4-5-10(15-12)19-2/h4-6H,3,7H2,1-2H3,(H,14,15). The molecular formula is C12H14N4O3S. The van der Waals surface area contributed by atoms with Crippen molar-refractivity contribution in [3.63, 3.8) is 0 Å². The van der Waals surface area contributed by atoms with Gasteiger partial charge in [-0.2, -0.15) is 4.98 Å². The van der Waals surface area contributed by atoms with Gasteiger partial charge in [0, 0.05) is 23.2 Å². The van der Waals surface area contributed by atoms with Gasteiger partial charge in [-0.15, -0.1) is 11.3 Å². The van der Waals surface area contributed by atoms with E-state index >= 15 is 0 Å². The number of nitrogens with one attached hydrogen (secondary N) is 1. The molecule has 7 nitrogen and oxygen atoms in total. The zero-order valence-electron chi connectivity index (χ0n) is 11.1. The van der Waals surface area contributed by atoms with Crippen LogP contribution in [0.3, 0.4) is 0 Å². The van der Waals surface area contributed by atoms with Crippen molar-refractivity contribution in [2.75, 3.05) is 12.4 Å². The van der Waals surface area contributed by atoms with Crippen LogP contribution in [0.25, 0.3) is 0 Å². The second-order valence-electron chi connectivity index (χ2n) is 3.91. The van der Waals surface area contributed by atoms with E-state index in [1.807, 2.05) is 6.20 Å². The van der Waals surface area contributed by atoms with Crippen LogP contribution < -0.4 is 10.1 Å². The number of ether oxygens (including phenoxy) is 1. The van der Waals surface area contributed by atoms with Gasteiger partial charge in [0.05, 0.1) is 18.6 Å². The molecule has 0 aliphatic rings. The van der Waals surface area contributed by atoms with Gasteiger partial charge in [-0.25, -0.2) is 4.98 Å². The molecule has 0 bridgehead atoms. The van der Waals surface area contributed by atoms with E-state index in [1.165, 1.54) is 24.1 Å². The highest BCUT2D eigenvalue weighted by Gasteiger charge is 2.16. The average molecular weight is 294 g/mol. The lowest BCUT2D eigenvalue weighted by molar-refractivity contribution is -0.384. The maximum atomic E-state index is 11.0. The Hall–Kier alpha value is -2.22. The number of nitrogens with zero attached hydrogens (tertiary/aromatic N) is 3. The molecular weight excluding hydrogens is 280 g/mol. The molecule has 2 rings (SSSR count). The summed E-state index contributed by atoms with van der Waals surface area (Å²) < 4.78 is 4.98. The van der Waals surface area contributed by atoms with Crippen LogP contribution in [-0.2, 0) is 13.0 Å². The molecule has 1 N–H and O–H groups in total. The minimum absolute atomic E-state index is 0.0851. The molecule has 0 aromatic carbocycles. The second-order valence-corrected chi connectivity index (χ2v) is 5.11. The predicted molar refractivity (Wildman–Crippen MR) is 76.3 cm³/mol. The molecule has 2 heterocycles. The van der Waals surface area contributed by atoms with Crippen LogP contribution in [0.15, 0.2) is 18.3 Å². The summed E-state index contributed by atoms with van der Waals surface area (Å²) in [5.74, 6) is 0.508. The fraction of sp³-hybridized carbons (Fsp3) is 0.333. The number of thiazole rings is 1. The molecule has 0 fully saturated rings. The molecule has 2 aromatic heterocycles. The fourth-order valence-corrected chi connectivity index (χ4v) is 2.38. The zero-order valence-corrected chi connectivity index (χ0v) is 11.9. The molecule has 0 amide bonds. The van der Waals surface area contributed by atoms with E-state index in [2.05, 4.69) is 22.2 Å². The Morgan fingerprint density at radius 2 is 2.30 bits per heavy atom. The van der Waals surface area contributed by atoms with E-state index in [9.17, 15) is 10.1 Å². The Kier molecular flexibility index (Phi) is 4.46. The highest BCUT2D eigenvalue weighted by molar-refractivity contribution is 7.11. The Morgan fingerprint density at radius 3 is 2.90 bits per heavy atom. The van der Waals surface area contributed by atoms with Gasteiger partial charge >= 0.3 is 5.69 Å². The first-order valence-electron chi connectivity index (χ1n) is 6.01. The number of pyridine rings is 1. The Bertz CT molecular complexity index is 614. The number of aromatic nitrogens is 2. The Balaban J connectivity index is 2.16. The molecule has 0 unspecified atom stereocenters. The van der Waals surface area contributed by atoms with Gasteiger partial charge in [0.25, 0.3) is 0 Å². The molecule has 0 radical (unpaired) electrons. The number of anilines is 1. The molecule has 0 atom stereocenters. The maximum Gasteiger partial charge on any atom is 0.311 e. The minimum atomic E-state index is -0.478. The van der Waals surface area contributed by atoms with Crippen molar-refractivity contribution < 1.29 is 9.66 Å². The van der Waals surface area contributed by atoms with Crippen LogP contribution in [0.1, 0.15) is 16.8 Å². The van der Waals surface area contributed by atoms with Gasteiger partial charge in [-0.1, -0.05) is 6.92 Å². The predicted octanol–water partition coefficient (Wildman–Crippen LogP) is 2.63. The quantitative estimate of drug-likeness (QED) is 0.650. The van der Waals surface area contributed by atoms with Crippen LogP contribution in [0.5, 0.6) is 5.88 Å². The van der Waals surface area contributed by atoms with Crippen molar-refractivity contribution in [1.29, 1.82) is 0 Å². The largest absolute Gasteiger partial charge is 0.481 e. The lowest BCUT2D eigenvalue weighted by Gasteiger charge is -2.06. The van der Waals surface area contributed by atoms with Gasteiger partial charge in [0.2, 0.25) is 11.7 Å². The number of aryl methyl sites for hydroxylation is 1. The van der Waals surface area contributed by atoms with Gasteiger partial charge in [0.1, 0.15) is 5.01 Å². The first-order chi connectivity index (χ1) is 9.63. The summed E-state index contributed by atoms with van der Waals surface area (Å²) >= 11 is 1.57. The van der Waals surface area contributed by atoms with Gasteiger partial charge < -0.3 is 10.1 Å². The minimum Gasteiger partial charge on any atom is -0.481 e. The summed E-state index contributed by atoms with van der Waals surface area (Å²) in [6, 6.07) is 2.83. The van der Waals surface area contributed by atoms with Crippen molar-refractivity contribution in [3.05, 3.63) is 38.3 Å². The van der Waals surface area contributed by atoms with Crippen LogP contribution in [-0.4, -0.2) is 22.0 Å². The smallest absolute Gasteiger partial charge is 0.311 e. The summed E-state index contributed by atoms with van der Waals surface area (Å²) in [6.07, 6.45) is 2.74. The number of methoxy groups -OCH3 is 1. The Morgan fingerprint density at radius 1 is 1.50 bits per heavy atom. The fourth-order valence-electron chi connectivity index (χ4n) is 1.58. The van der Waals surface area contributed by atoms with Crippen molar-refractivity contribution >= 4 is 22.8 Å². The molecule has 20 heavy (non-hydrogen) atoms. The van der Waals surface area contributed by atoms with Crippen LogP contribution in [0, 0.1) is 10.1 Å². The highest BCUT2D eigenvalue weighted by Crippen LogP contribution is 2.25. The highest BCUT2D eigenvalue weighted by atomic mass is 32.1. The van der Waals surface area contributed by atoms with Gasteiger partial charge in [0.15, 0.2) is 0 Å². The zero-order chi connectivity index (χ0) is 14.5. The van der Waals surface area contributed by atoms with E-state index in [1.54, 1.807) is 11.3 Å².